The van der Waals surface area contributed by atoms with Crippen molar-refractivity contribution in [2.75, 3.05) is 36.4 Å². The topological polar surface area (TPSA) is 74.2 Å². The van der Waals surface area contributed by atoms with Crippen LogP contribution in [-0.4, -0.2) is 52.2 Å². The van der Waals surface area contributed by atoms with Gasteiger partial charge < -0.3 is 15.1 Å². The molecule has 0 bridgehead atoms. The Hall–Kier alpha value is -3.55. The fraction of sp³-hybridized carbons (Fsp3) is 0.238. The van der Waals surface area contributed by atoms with E-state index in [1.807, 2.05) is 18.2 Å². The molecule has 3 aromatic rings. The molecule has 0 spiro atoms. The summed E-state index contributed by atoms with van der Waals surface area (Å²) in [7, 11) is 0. The van der Waals surface area contributed by atoms with Gasteiger partial charge in [-0.2, -0.15) is 0 Å². The molecule has 4 rings (SSSR count). The van der Waals surface area contributed by atoms with Gasteiger partial charge in [0, 0.05) is 44.5 Å². The van der Waals surface area contributed by atoms with Gasteiger partial charge in [0.2, 0.25) is 0 Å². The summed E-state index contributed by atoms with van der Waals surface area (Å²) < 4.78 is 13.7. The molecule has 1 amide bonds. The second kappa shape index (κ2) is 8.64. The molecule has 0 unspecified atom stereocenters. The van der Waals surface area contributed by atoms with Gasteiger partial charge in [0.25, 0.3) is 5.91 Å². The van der Waals surface area contributed by atoms with Gasteiger partial charge in [-0.05, 0) is 30.3 Å². The summed E-state index contributed by atoms with van der Waals surface area (Å²) in [5, 5.41) is 11.1. The number of rotatable bonds is 5. The summed E-state index contributed by atoms with van der Waals surface area (Å²) in [6.45, 7) is 2.94. The molecule has 1 aromatic carbocycles. The van der Waals surface area contributed by atoms with Crippen LogP contribution in [0.3, 0.4) is 0 Å². The molecule has 0 aliphatic carbocycles. The number of anilines is 2. The van der Waals surface area contributed by atoms with Crippen molar-refractivity contribution in [2.24, 2.45) is 0 Å². The first-order chi connectivity index (χ1) is 14.2. The third-order valence-electron chi connectivity index (χ3n) is 4.84. The van der Waals surface area contributed by atoms with E-state index in [4.69, 9.17) is 0 Å². The standard InChI is InChI=1S/C21H21FN6O/c22-17-6-2-1-5-16(17)15-24-19-9-8-18(25-26-19)21(29)28-13-11-27(12-14-28)20-7-3-4-10-23-20/h1-10H,11-15H2,(H,24,26). The number of pyridine rings is 1. The third-order valence-corrected chi connectivity index (χ3v) is 4.84. The summed E-state index contributed by atoms with van der Waals surface area (Å²) in [6.07, 6.45) is 1.77. The summed E-state index contributed by atoms with van der Waals surface area (Å²) >= 11 is 0. The van der Waals surface area contributed by atoms with Gasteiger partial charge in [-0.3, -0.25) is 4.79 Å². The molecule has 1 aliphatic rings. The number of aromatic nitrogens is 3. The van der Waals surface area contributed by atoms with E-state index < -0.39 is 0 Å². The zero-order valence-electron chi connectivity index (χ0n) is 15.8. The third kappa shape index (κ3) is 4.48. The molecular formula is C21H21FN6O. The Morgan fingerprint density at radius 2 is 1.76 bits per heavy atom. The predicted molar refractivity (Wildman–Crippen MR) is 108 cm³/mol. The van der Waals surface area contributed by atoms with Gasteiger partial charge in [0.15, 0.2) is 5.69 Å². The number of nitrogens with one attached hydrogen (secondary N) is 1. The maximum Gasteiger partial charge on any atom is 0.274 e. The van der Waals surface area contributed by atoms with Crippen LogP contribution >= 0.6 is 0 Å². The average molecular weight is 392 g/mol. The molecule has 0 radical (unpaired) electrons. The van der Waals surface area contributed by atoms with E-state index in [0.717, 1.165) is 18.9 Å². The zero-order valence-corrected chi connectivity index (χ0v) is 15.8. The Morgan fingerprint density at radius 3 is 2.45 bits per heavy atom. The highest BCUT2D eigenvalue weighted by Gasteiger charge is 2.23. The lowest BCUT2D eigenvalue weighted by Gasteiger charge is -2.35. The second-order valence-electron chi connectivity index (χ2n) is 6.72. The molecule has 1 aliphatic heterocycles. The minimum Gasteiger partial charge on any atom is -0.364 e. The van der Waals surface area contributed by atoms with Crippen molar-refractivity contribution in [1.29, 1.82) is 0 Å². The first-order valence-electron chi connectivity index (χ1n) is 9.47. The van der Waals surface area contributed by atoms with Crippen LogP contribution in [-0.2, 0) is 6.54 Å². The summed E-state index contributed by atoms with van der Waals surface area (Å²) in [4.78, 5) is 21.0. The first kappa shape index (κ1) is 18.8. The molecule has 7 nitrogen and oxygen atoms in total. The number of carbonyl (C=O) groups excluding carboxylic acids is 1. The summed E-state index contributed by atoms with van der Waals surface area (Å²) in [5.41, 5.74) is 0.841. The highest BCUT2D eigenvalue weighted by atomic mass is 19.1. The van der Waals surface area contributed by atoms with Crippen LogP contribution in [0.25, 0.3) is 0 Å². The van der Waals surface area contributed by atoms with Gasteiger partial charge in [-0.15, -0.1) is 10.2 Å². The van der Waals surface area contributed by atoms with Gasteiger partial charge in [-0.25, -0.2) is 9.37 Å². The van der Waals surface area contributed by atoms with Crippen molar-refractivity contribution in [2.45, 2.75) is 6.54 Å². The van der Waals surface area contributed by atoms with E-state index in [0.29, 0.717) is 36.7 Å². The van der Waals surface area contributed by atoms with E-state index >= 15 is 0 Å². The fourth-order valence-corrected chi connectivity index (χ4v) is 3.21. The van der Waals surface area contributed by atoms with Crippen LogP contribution in [0, 0.1) is 5.82 Å². The lowest BCUT2D eigenvalue weighted by atomic mass is 10.2. The maximum atomic E-state index is 13.7. The van der Waals surface area contributed by atoms with Gasteiger partial charge >= 0.3 is 0 Å². The van der Waals surface area contributed by atoms with Crippen molar-refractivity contribution in [3.63, 3.8) is 0 Å². The normalized spacial score (nSPS) is 14.0. The zero-order chi connectivity index (χ0) is 20.1. The monoisotopic (exact) mass is 392 g/mol. The molecule has 29 heavy (non-hydrogen) atoms. The lowest BCUT2D eigenvalue weighted by molar-refractivity contribution is 0.0739. The highest BCUT2D eigenvalue weighted by Crippen LogP contribution is 2.15. The van der Waals surface area contributed by atoms with E-state index in [1.54, 1.807) is 41.4 Å². The van der Waals surface area contributed by atoms with Crippen LogP contribution in [0.15, 0.2) is 60.8 Å². The maximum absolute atomic E-state index is 13.7. The van der Waals surface area contributed by atoms with Crippen molar-refractivity contribution >= 4 is 17.5 Å². The molecule has 1 fully saturated rings. The molecule has 3 heterocycles. The number of nitrogens with zero attached hydrogens (tertiary/aromatic N) is 5. The van der Waals surface area contributed by atoms with E-state index in [9.17, 15) is 9.18 Å². The van der Waals surface area contributed by atoms with E-state index in [1.165, 1.54) is 6.07 Å². The number of hydrogen-bond donors (Lipinski definition) is 1. The number of halogens is 1. The van der Waals surface area contributed by atoms with Crippen LogP contribution in [0.1, 0.15) is 16.1 Å². The minimum atomic E-state index is -0.274. The van der Waals surface area contributed by atoms with Gasteiger partial charge in [0.05, 0.1) is 0 Å². The number of piperazine rings is 1. The van der Waals surface area contributed by atoms with E-state index in [2.05, 4.69) is 25.4 Å². The first-order valence-corrected chi connectivity index (χ1v) is 9.47. The molecule has 0 saturated carbocycles. The average Bonchev–Trinajstić information content (AvgIpc) is 2.79. The summed E-state index contributed by atoms with van der Waals surface area (Å²) in [5.74, 6) is 0.998. The van der Waals surface area contributed by atoms with Crippen LogP contribution in [0.2, 0.25) is 0 Å². The molecule has 1 N–H and O–H groups in total. The largest absolute Gasteiger partial charge is 0.364 e. The van der Waals surface area contributed by atoms with Crippen molar-refractivity contribution in [3.8, 4) is 0 Å². The Balaban J connectivity index is 1.32. The lowest BCUT2D eigenvalue weighted by Crippen LogP contribution is -2.49. The molecule has 2 aromatic heterocycles. The molecule has 8 heteroatoms. The molecule has 0 atom stereocenters. The summed E-state index contributed by atoms with van der Waals surface area (Å²) in [6, 6.07) is 15.7. The smallest absolute Gasteiger partial charge is 0.274 e. The number of amides is 1. The highest BCUT2D eigenvalue weighted by molar-refractivity contribution is 5.92. The van der Waals surface area contributed by atoms with E-state index in [-0.39, 0.29) is 11.7 Å². The van der Waals surface area contributed by atoms with Gasteiger partial charge in [0.1, 0.15) is 17.5 Å². The van der Waals surface area contributed by atoms with Crippen molar-refractivity contribution in [3.05, 3.63) is 77.9 Å². The molecular weight excluding hydrogens is 371 g/mol. The van der Waals surface area contributed by atoms with Crippen LogP contribution in [0.4, 0.5) is 16.0 Å². The van der Waals surface area contributed by atoms with Gasteiger partial charge in [-0.1, -0.05) is 24.3 Å². The van der Waals surface area contributed by atoms with Crippen LogP contribution in [0.5, 0.6) is 0 Å². The van der Waals surface area contributed by atoms with Crippen LogP contribution < -0.4 is 10.2 Å². The molecule has 1 saturated heterocycles. The Bertz CT molecular complexity index is 958. The number of hydrogen-bond acceptors (Lipinski definition) is 6. The molecule has 148 valence electrons. The predicted octanol–water partition coefficient (Wildman–Crippen LogP) is 2.59. The Labute approximate surface area is 168 Å². The quantitative estimate of drug-likeness (QED) is 0.720. The second-order valence-corrected chi connectivity index (χ2v) is 6.72. The number of carbonyl (C=O) groups is 1. The fourth-order valence-electron chi connectivity index (χ4n) is 3.21. The Morgan fingerprint density at radius 1 is 0.966 bits per heavy atom. The minimum absolute atomic E-state index is 0.140. The number of benzene rings is 1. The van der Waals surface area contributed by atoms with Crippen molar-refractivity contribution in [1.82, 2.24) is 20.1 Å². The SMILES string of the molecule is O=C(c1ccc(NCc2ccccc2F)nn1)N1CCN(c2ccccn2)CC1. The van der Waals surface area contributed by atoms with Crippen molar-refractivity contribution < 1.29 is 9.18 Å². The Kier molecular flexibility index (Phi) is 5.60.